The highest BCUT2D eigenvalue weighted by Gasteiger charge is 2.15. The predicted octanol–water partition coefficient (Wildman–Crippen LogP) is 2.63. The molecular formula is C13H18NO-. The van der Waals surface area contributed by atoms with Crippen LogP contribution in [0.2, 0.25) is 0 Å². The minimum atomic E-state index is 0.304. The quantitative estimate of drug-likeness (QED) is 0.687. The number of piperidine rings is 1. The van der Waals surface area contributed by atoms with Crippen molar-refractivity contribution in [1.29, 1.82) is 0 Å². The Morgan fingerprint density at radius 2 is 2.33 bits per heavy atom. The lowest BCUT2D eigenvalue weighted by Crippen LogP contribution is -2.37. The number of hydrogen-bond donors (Lipinski definition) is 0. The minimum absolute atomic E-state index is 0.304. The van der Waals surface area contributed by atoms with Gasteiger partial charge in [0.05, 0.1) is 0 Å². The maximum absolute atomic E-state index is 5.92. The number of rotatable bonds is 2. The van der Waals surface area contributed by atoms with Crippen LogP contribution in [0.15, 0.2) is 24.3 Å². The van der Waals surface area contributed by atoms with Gasteiger partial charge in [-0.2, -0.15) is 0 Å². The predicted molar refractivity (Wildman–Crippen MR) is 61.8 cm³/mol. The largest absolute Gasteiger partial charge is 0.489 e. The molecule has 1 aliphatic rings. The Morgan fingerprint density at radius 3 is 3.07 bits per heavy atom. The summed E-state index contributed by atoms with van der Waals surface area (Å²) in [6, 6.07) is 8.23. The van der Waals surface area contributed by atoms with Crippen LogP contribution in [0.5, 0.6) is 5.75 Å². The van der Waals surface area contributed by atoms with Gasteiger partial charge in [0.15, 0.2) is 0 Å². The summed E-state index contributed by atoms with van der Waals surface area (Å²) in [5, 5.41) is 0. The van der Waals surface area contributed by atoms with Crippen molar-refractivity contribution in [2.24, 2.45) is 0 Å². The van der Waals surface area contributed by atoms with Gasteiger partial charge in [-0.05, 0) is 44.0 Å². The van der Waals surface area contributed by atoms with Gasteiger partial charge in [0.2, 0.25) is 0 Å². The molecule has 1 atom stereocenters. The molecule has 82 valence electrons. The molecule has 2 rings (SSSR count). The summed E-state index contributed by atoms with van der Waals surface area (Å²) < 4.78 is 5.92. The summed E-state index contributed by atoms with van der Waals surface area (Å²) in [6.07, 6.45) is 2.62. The van der Waals surface area contributed by atoms with E-state index in [9.17, 15) is 0 Å². The molecule has 0 spiro atoms. The van der Waals surface area contributed by atoms with Crippen LogP contribution >= 0.6 is 0 Å². The van der Waals surface area contributed by atoms with E-state index in [1.54, 1.807) is 0 Å². The Kier molecular flexibility index (Phi) is 3.27. The first-order valence-electron chi connectivity index (χ1n) is 5.53. The molecule has 0 radical (unpaired) electrons. The minimum Gasteiger partial charge on any atom is -0.489 e. The molecule has 1 aromatic rings. The summed E-state index contributed by atoms with van der Waals surface area (Å²) >= 11 is 0. The van der Waals surface area contributed by atoms with Gasteiger partial charge in [0, 0.05) is 6.54 Å². The van der Waals surface area contributed by atoms with E-state index in [4.69, 9.17) is 4.74 Å². The molecule has 1 aliphatic heterocycles. The third kappa shape index (κ3) is 2.96. The first kappa shape index (κ1) is 10.5. The summed E-state index contributed by atoms with van der Waals surface area (Å²) in [5.74, 6) is 0.982. The standard InChI is InChI=1S/C13H18NO/c1-11-5-3-6-12(9-11)15-13-7-4-8-14(2)10-13/h3,5-6,9,13H,2,4,7-8,10H2,1H3/q-1. The zero-order chi connectivity index (χ0) is 10.7. The van der Waals surface area contributed by atoms with E-state index in [1.165, 1.54) is 12.0 Å². The van der Waals surface area contributed by atoms with Crippen molar-refractivity contribution in [3.8, 4) is 5.75 Å². The van der Waals surface area contributed by atoms with Gasteiger partial charge in [-0.25, -0.2) is 0 Å². The fourth-order valence-corrected chi connectivity index (χ4v) is 1.99. The highest BCUT2D eigenvalue weighted by Crippen LogP contribution is 2.18. The second-order valence-corrected chi connectivity index (χ2v) is 4.28. The Bertz CT molecular complexity index is 324. The van der Waals surface area contributed by atoms with E-state index in [1.807, 2.05) is 12.1 Å². The molecule has 1 saturated heterocycles. The summed E-state index contributed by atoms with van der Waals surface area (Å²) in [6.45, 7) is 4.11. The van der Waals surface area contributed by atoms with E-state index in [-0.39, 0.29) is 0 Å². The zero-order valence-corrected chi connectivity index (χ0v) is 9.28. The van der Waals surface area contributed by atoms with Crippen molar-refractivity contribution in [3.63, 3.8) is 0 Å². The number of hydrogen-bond acceptors (Lipinski definition) is 2. The average Bonchev–Trinajstić information content (AvgIpc) is 2.17. The average molecular weight is 204 g/mol. The second-order valence-electron chi connectivity index (χ2n) is 4.28. The van der Waals surface area contributed by atoms with Crippen LogP contribution in [-0.2, 0) is 0 Å². The summed E-state index contributed by atoms with van der Waals surface area (Å²) in [4.78, 5) is 2.09. The van der Waals surface area contributed by atoms with Crippen molar-refractivity contribution >= 4 is 0 Å². The second kappa shape index (κ2) is 4.67. The Morgan fingerprint density at radius 1 is 1.47 bits per heavy atom. The molecule has 1 fully saturated rings. The fourth-order valence-electron chi connectivity index (χ4n) is 1.99. The van der Waals surface area contributed by atoms with Crippen LogP contribution in [0.3, 0.4) is 0 Å². The van der Waals surface area contributed by atoms with E-state index in [2.05, 4.69) is 31.0 Å². The SMILES string of the molecule is [CH2-]N1CCCC(Oc2cccc(C)c2)C1. The molecular weight excluding hydrogens is 186 g/mol. The van der Waals surface area contributed by atoms with Crippen molar-refractivity contribution in [3.05, 3.63) is 36.9 Å². The van der Waals surface area contributed by atoms with Gasteiger partial charge in [-0.1, -0.05) is 12.1 Å². The smallest absolute Gasteiger partial charge is 0.120 e. The summed E-state index contributed by atoms with van der Waals surface area (Å²) in [5.41, 5.74) is 1.25. The Labute approximate surface area is 91.9 Å². The maximum atomic E-state index is 5.92. The molecule has 0 N–H and O–H groups in total. The normalized spacial score (nSPS) is 22.7. The molecule has 2 nitrogen and oxygen atoms in total. The van der Waals surface area contributed by atoms with Gasteiger partial charge < -0.3 is 9.64 Å². The molecule has 0 bridgehead atoms. The van der Waals surface area contributed by atoms with E-state index in [0.29, 0.717) is 6.10 Å². The van der Waals surface area contributed by atoms with Gasteiger partial charge in [0.25, 0.3) is 0 Å². The maximum Gasteiger partial charge on any atom is 0.120 e. The number of ether oxygens (including phenoxy) is 1. The van der Waals surface area contributed by atoms with E-state index >= 15 is 0 Å². The molecule has 0 aliphatic carbocycles. The lowest BCUT2D eigenvalue weighted by molar-refractivity contribution is 0.113. The topological polar surface area (TPSA) is 12.5 Å². The van der Waals surface area contributed by atoms with E-state index < -0.39 is 0 Å². The molecule has 1 unspecified atom stereocenters. The lowest BCUT2D eigenvalue weighted by atomic mass is 10.1. The van der Waals surface area contributed by atoms with Gasteiger partial charge >= 0.3 is 0 Å². The number of aryl methyl sites for hydroxylation is 1. The van der Waals surface area contributed by atoms with Crippen LogP contribution in [0.25, 0.3) is 0 Å². The van der Waals surface area contributed by atoms with Gasteiger partial charge in [-0.15, -0.1) is 0 Å². The molecule has 2 heteroatoms. The van der Waals surface area contributed by atoms with Crippen molar-refractivity contribution in [2.45, 2.75) is 25.9 Å². The third-order valence-electron chi connectivity index (χ3n) is 2.75. The third-order valence-corrected chi connectivity index (χ3v) is 2.75. The van der Waals surface area contributed by atoms with Gasteiger partial charge in [-0.3, -0.25) is 7.05 Å². The number of nitrogens with zero attached hydrogens (tertiary/aromatic N) is 1. The fraction of sp³-hybridized carbons (Fsp3) is 0.462. The number of benzene rings is 1. The molecule has 1 heterocycles. The van der Waals surface area contributed by atoms with Crippen molar-refractivity contribution < 1.29 is 4.74 Å². The molecule has 0 amide bonds. The highest BCUT2D eigenvalue weighted by atomic mass is 16.5. The Hall–Kier alpha value is -1.02. The first-order chi connectivity index (χ1) is 7.24. The molecule has 0 aromatic heterocycles. The lowest BCUT2D eigenvalue weighted by Gasteiger charge is -2.35. The molecule has 0 saturated carbocycles. The van der Waals surface area contributed by atoms with Crippen LogP contribution in [-0.4, -0.2) is 24.1 Å². The highest BCUT2D eigenvalue weighted by molar-refractivity contribution is 5.27. The first-order valence-corrected chi connectivity index (χ1v) is 5.53. The monoisotopic (exact) mass is 204 g/mol. The van der Waals surface area contributed by atoms with Crippen LogP contribution in [0.1, 0.15) is 18.4 Å². The molecule has 15 heavy (non-hydrogen) atoms. The van der Waals surface area contributed by atoms with Crippen molar-refractivity contribution in [2.75, 3.05) is 13.1 Å². The summed E-state index contributed by atoms with van der Waals surface area (Å²) in [7, 11) is 3.96. The van der Waals surface area contributed by atoms with Crippen LogP contribution in [0, 0.1) is 14.0 Å². The zero-order valence-electron chi connectivity index (χ0n) is 9.28. The van der Waals surface area contributed by atoms with Crippen LogP contribution in [0.4, 0.5) is 0 Å². The van der Waals surface area contributed by atoms with E-state index in [0.717, 1.165) is 25.3 Å². The number of likely N-dealkylation sites (tertiary alicyclic amines) is 1. The van der Waals surface area contributed by atoms with Crippen molar-refractivity contribution in [1.82, 2.24) is 4.90 Å². The Balaban J connectivity index is 1.96. The van der Waals surface area contributed by atoms with Crippen LogP contribution < -0.4 is 4.74 Å². The van der Waals surface area contributed by atoms with Gasteiger partial charge in [0.1, 0.15) is 11.9 Å². The molecule has 1 aromatic carbocycles.